The minimum atomic E-state index is -0.0600. The molecule has 168 valence electrons. The lowest BCUT2D eigenvalue weighted by atomic mass is 10.1. The van der Waals surface area contributed by atoms with Crippen LogP contribution in [0.3, 0.4) is 0 Å². The minimum Gasteiger partial charge on any atom is -0.378 e. The van der Waals surface area contributed by atoms with Crippen LogP contribution in [-0.4, -0.2) is 74.2 Å². The lowest BCUT2D eigenvalue weighted by molar-refractivity contribution is 0.122. The van der Waals surface area contributed by atoms with E-state index in [9.17, 15) is 4.79 Å². The maximum absolute atomic E-state index is 12.6. The summed E-state index contributed by atoms with van der Waals surface area (Å²) in [5.41, 5.74) is 9.96. The second-order valence-electron chi connectivity index (χ2n) is 8.35. The molecule has 0 bridgehead atoms. The maximum atomic E-state index is 12.6. The van der Waals surface area contributed by atoms with E-state index >= 15 is 0 Å². The Bertz CT molecular complexity index is 1140. The monoisotopic (exact) mass is 437 g/mol. The number of aromatic nitrogens is 5. The molecular weight excluding hydrogens is 410 g/mol. The Morgan fingerprint density at radius 2 is 1.91 bits per heavy atom. The van der Waals surface area contributed by atoms with E-state index in [0.717, 1.165) is 47.2 Å². The van der Waals surface area contributed by atoms with Crippen LogP contribution in [-0.2, 0) is 17.7 Å². The molecule has 32 heavy (non-hydrogen) atoms. The van der Waals surface area contributed by atoms with Crippen molar-refractivity contribution < 1.29 is 9.53 Å². The van der Waals surface area contributed by atoms with E-state index in [1.807, 2.05) is 24.9 Å². The van der Waals surface area contributed by atoms with Crippen molar-refractivity contribution in [2.75, 3.05) is 43.5 Å². The molecule has 3 aromatic rings. The average Bonchev–Trinajstić information content (AvgIpc) is 3.17. The summed E-state index contributed by atoms with van der Waals surface area (Å²) in [6, 6.07) is 0.0236. The number of imidazole rings is 1. The average molecular weight is 438 g/mol. The zero-order valence-corrected chi connectivity index (χ0v) is 18.3. The van der Waals surface area contributed by atoms with E-state index in [-0.39, 0.29) is 18.0 Å². The number of nitrogens with two attached hydrogens (primary N) is 1. The molecule has 2 amide bonds. The van der Waals surface area contributed by atoms with Gasteiger partial charge in [-0.05, 0) is 13.8 Å². The molecule has 0 aliphatic carbocycles. The SMILES string of the molecule is CC(C)NC(=O)N1CCc2nc3c(N4CCOCC4)nc(-c4cnc(N)nc4)cn3c2C1. The van der Waals surface area contributed by atoms with Crippen LogP contribution in [0.2, 0.25) is 0 Å². The molecule has 1 saturated heterocycles. The molecule has 3 aromatic heterocycles. The Labute approximate surface area is 185 Å². The number of hydrogen-bond donors (Lipinski definition) is 2. The zero-order chi connectivity index (χ0) is 22.2. The van der Waals surface area contributed by atoms with E-state index in [4.69, 9.17) is 20.4 Å². The molecule has 2 aliphatic rings. The number of ether oxygens (including phenoxy) is 1. The Balaban J connectivity index is 1.61. The molecule has 3 N–H and O–H groups in total. The number of rotatable bonds is 3. The maximum Gasteiger partial charge on any atom is 0.317 e. The first kappa shape index (κ1) is 20.4. The van der Waals surface area contributed by atoms with Gasteiger partial charge in [-0.15, -0.1) is 0 Å². The summed E-state index contributed by atoms with van der Waals surface area (Å²) < 4.78 is 7.60. The summed E-state index contributed by atoms with van der Waals surface area (Å²) in [4.78, 5) is 34.8. The first-order valence-electron chi connectivity index (χ1n) is 10.9. The van der Waals surface area contributed by atoms with Crippen LogP contribution < -0.4 is 16.0 Å². The fourth-order valence-corrected chi connectivity index (χ4v) is 4.10. The molecule has 11 nitrogen and oxygen atoms in total. The summed E-state index contributed by atoms with van der Waals surface area (Å²) in [5.74, 6) is 1.02. The van der Waals surface area contributed by atoms with Crippen LogP contribution in [0.25, 0.3) is 16.9 Å². The second-order valence-corrected chi connectivity index (χ2v) is 8.35. The van der Waals surface area contributed by atoms with E-state index in [2.05, 4.69) is 24.6 Å². The normalized spacial score (nSPS) is 16.5. The van der Waals surface area contributed by atoms with Crippen molar-refractivity contribution in [1.82, 2.24) is 34.6 Å². The molecule has 5 heterocycles. The number of carbonyl (C=O) groups is 1. The number of hydrogen-bond acceptors (Lipinski definition) is 8. The van der Waals surface area contributed by atoms with Gasteiger partial charge in [0.25, 0.3) is 0 Å². The molecule has 0 aromatic carbocycles. The third-order valence-corrected chi connectivity index (χ3v) is 5.71. The molecule has 0 radical (unpaired) electrons. The Morgan fingerprint density at radius 3 is 2.62 bits per heavy atom. The third kappa shape index (κ3) is 3.79. The van der Waals surface area contributed by atoms with Gasteiger partial charge in [0.1, 0.15) is 0 Å². The number of urea groups is 1. The first-order chi connectivity index (χ1) is 15.5. The van der Waals surface area contributed by atoms with Gasteiger partial charge in [-0.3, -0.25) is 4.40 Å². The van der Waals surface area contributed by atoms with Crippen molar-refractivity contribution in [3.8, 4) is 11.3 Å². The van der Waals surface area contributed by atoms with Gasteiger partial charge in [-0.1, -0.05) is 0 Å². The van der Waals surface area contributed by atoms with Crippen molar-refractivity contribution in [2.45, 2.75) is 32.9 Å². The fraction of sp³-hybridized carbons (Fsp3) is 0.476. The largest absolute Gasteiger partial charge is 0.378 e. The summed E-state index contributed by atoms with van der Waals surface area (Å²) in [6.45, 7) is 7.81. The second kappa shape index (κ2) is 8.23. The van der Waals surface area contributed by atoms with E-state index in [1.54, 1.807) is 12.4 Å². The highest BCUT2D eigenvalue weighted by Gasteiger charge is 2.28. The third-order valence-electron chi connectivity index (χ3n) is 5.71. The zero-order valence-electron chi connectivity index (χ0n) is 18.3. The number of anilines is 2. The van der Waals surface area contributed by atoms with Crippen molar-refractivity contribution in [2.24, 2.45) is 0 Å². The van der Waals surface area contributed by atoms with Crippen molar-refractivity contribution in [3.63, 3.8) is 0 Å². The van der Waals surface area contributed by atoms with Gasteiger partial charge in [-0.25, -0.2) is 24.7 Å². The molecule has 1 fully saturated rings. The van der Waals surface area contributed by atoms with Gasteiger partial charge in [-0.2, -0.15) is 0 Å². The Hall–Kier alpha value is -3.47. The number of nitrogens with one attached hydrogen (secondary N) is 1. The summed E-state index contributed by atoms with van der Waals surface area (Å²) >= 11 is 0. The van der Waals surface area contributed by atoms with Crippen molar-refractivity contribution in [1.29, 1.82) is 0 Å². The molecule has 0 atom stereocenters. The highest BCUT2D eigenvalue weighted by molar-refractivity contribution is 5.75. The fourth-order valence-electron chi connectivity index (χ4n) is 4.10. The molecule has 2 aliphatic heterocycles. The van der Waals surface area contributed by atoms with Gasteiger partial charge in [0, 0.05) is 56.3 Å². The summed E-state index contributed by atoms with van der Waals surface area (Å²) in [5, 5.41) is 2.98. The highest BCUT2D eigenvalue weighted by atomic mass is 16.5. The van der Waals surface area contributed by atoms with E-state index in [1.165, 1.54) is 0 Å². The summed E-state index contributed by atoms with van der Waals surface area (Å²) in [6.07, 6.45) is 5.99. The molecule has 5 rings (SSSR count). The van der Waals surface area contributed by atoms with Gasteiger partial charge in [0.15, 0.2) is 11.5 Å². The van der Waals surface area contributed by atoms with E-state index < -0.39 is 0 Å². The van der Waals surface area contributed by atoms with Gasteiger partial charge < -0.3 is 25.6 Å². The quantitative estimate of drug-likeness (QED) is 0.623. The minimum absolute atomic E-state index is 0.0600. The number of morpholine rings is 1. The number of amides is 2. The van der Waals surface area contributed by atoms with Crippen LogP contribution >= 0.6 is 0 Å². The predicted octanol–water partition coefficient (Wildman–Crippen LogP) is 1.08. The molecule has 0 saturated carbocycles. The number of carbonyl (C=O) groups excluding carboxylic acids is 1. The topological polar surface area (TPSA) is 127 Å². The Morgan fingerprint density at radius 1 is 1.16 bits per heavy atom. The van der Waals surface area contributed by atoms with Crippen LogP contribution in [0.4, 0.5) is 16.6 Å². The predicted molar refractivity (Wildman–Crippen MR) is 119 cm³/mol. The van der Waals surface area contributed by atoms with Crippen LogP contribution in [0.1, 0.15) is 25.2 Å². The number of nitrogens with zero attached hydrogens (tertiary/aromatic N) is 7. The van der Waals surface area contributed by atoms with E-state index in [0.29, 0.717) is 32.7 Å². The number of fused-ring (bicyclic) bond motifs is 3. The first-order valence-corrected chi connectivity index (χ1v) is 10.9. The molecule has 0 unspecified atom stereocenters. The van der Waals surface area contributed by atoms with Crippen molar-refractivity contribution in [3.05, 3.63) is 30.0 Å². The van der Waals surface area contributed by atoms with Gasteiger partial charge in [0.05, 0.1) is 36.8 Å². The lowest BCUT2D eigenvalue weighted by Crippen LogP contribution is -2.45. The molecular formula is C21H27N9O2. The smallest absolute Gasteiger partial charge is 0.317 e. The number of nitrogen functional groups attached to an aromatic ring is 1. The lowest BCUT2D eigenvalue weighted by Gasteiger charge is -2.29. The summed E-state index contributed by atoms with van der Waals surface area (Å²) in [7, 11) is 0. The molecule has 11 heteroatoms. The standard InChI is InChI=1S/C21H27N9O2/c1-13(2)25-21(31)29-4-3-15-17(12-29)30-11-16(14-9-23-20(22)24-10-14)27-18(19(30)26-15)28-5-7-32-8-6-28/h9-11,13H,3-8,12H2,1-2H3,(H,25,31)(H2,22,23,24). The molecule has 0 spiro atoms. The van der Waals surface area contributed by atoms with Crippen molar-refractivity contribution >= 4 is 23.4 Å². The van der Waals surface area contributed by atoms with Crippen LogP contribution in [0.15, 0.2) is 18.6 Å². The highest BCUT2D eigenvalue weighted by Crippen LogP contribution is 2.29. The Kier molecular flexibility index (Phi) is 5.25. The van der Waals surface area contributed by atoms with Gasteiger partial charge in [0.2, 0.25) is 5.95 Å². The van der Waals surface area contributed by atoms with Gasteiger partial charge >= 0.3 is 6.03 Å². The van der Waals surface area contributed by atoms with Crippen LogP contribution in [0.5, 0.6) is 0 Å². The van der Waals surface area contributed by atoms with Crippen LogP contribution in [0, 0.1) is 0 Å².